The first-order valence-corrected chi connectivity index (χ1v) is 4.86. The van der Waals surface area contributed by atoms with Crippen molar-refractivity contribution in [3.8, 4) is 0 Å². The molecule has 0 saturated carbocycles. The summed E-state index contributed by atoms with van der Waals surface area (Å²) in [6.45, 7) is 4.07. The molecule has 3 heteroatoms. The lowest BCUT2D eigenvalue weighted by Gasteiger charge is -2.01. The molecule has 2 aromatic rings. The lowest BCUT2D eigenvalue weighted by atomic mass is 10.1. The first kappa shape index (κ1) is 9.77. The van der Waals surface area contributed by atoms with Crippen LogP contribution < -0.4 is 0 Å². The van der Waals surface area contributed by atoms with Crippen LogP contribution in [0.1, 0.15) is 11.1 Å². The van der Waals surface area contributed by atoms with Crippen molar-refractivity contribution in [1.29, 1.82) is 0 Å². The Balaban J connectivity index is 2.68. The van der Waals surface area contributed by atoms with Gasteiger partial charge in [-0.2, -0.15) is 0 Å². The first-order chi connectivity index (χ1) is 7.09. The predicted octanol–water partition coefficient (Wildman–Crippen LogP) is 2.34. The van der Waals surface area contributed by atoms with Gasteiger partial charge < -0.3 is 9.67 Å². The van der Waals surface area contributed by atoms with Gasteiger partial charge in [0.15, 0.2) is 0 Å². The van der Waals surface area contributed by atoms with E-state index in [0.717, 1.165) is 11.1 Å². The lowest BCUT2D eigenvalue weighted by molar-refractivity contribution is -0.137. The van der Waals surface area contributed by atoms with Gasteiger partial charge in [0.25, 0.3) is 0 Å². The summed E-state index contributed by atoms with van der Waals surface area (Å²) < 4.78 is 1.78. The van der Waals surface area contributed by atoms with Gasteiger partial charge >= 0.3 is 5.97 Å². The molecule has 0 aliphatic rings. The van der Waals surface area contributed by atoms with Gasteiger partial charge in [0.05, 0.1) is 0 Å². The minimum atomic E-state index is -0.812. The molecule has 1 aromatic carbocycles. The molecule has 15 heavy (non-hydrogen) atoms. The number of aromatic nitrogens is 1. The third-order valence-electron chi connectivity index (χ3n) is 2.61. The minimum absolute atomic E-state index is 0.0216. The minimum Gasteiger partial charge on any atom is -0.480 e. The molecule has 2 rings (SSSR count). The number of nitrogens with zero attached hydrogens (tertiary/aromatic N) is 1. The Labute approximate surface area is 87.9 Å². The number of aryl methyl sites for hydroxylation is 2. The largest absolute Gasteiger partial charge is 0.480 e. The van der Waals surface area contributed by atoms with Crippen LogP contribution in [0.4, 0.5) is 0 Å². The standard InChI is InChI=1S/C12H13NO2/c1-8-4-3-5-10-12(8)9(2)6-13(10)7-11(14)15/h3-6H,7H2,1-2H3,(H,14,15). The molecule has 0 amide bonds. The quantitative estimate of drug-likeness (QED) is 0.814. The van der Waals surface area contributed by atoms with Crippen molar-refractivity contribution in [1.82, 2.24) is 4.57 Å². The maximum absolute atomic E-state index is 10.7. The number of carboxylic acid groups (broad SMARTS) is 1. The number of hydrogen-bond acceptors (Lipinski definition) is 1. The summed E-state index contributed by atoms with van der Waals surface area (Å²) in [5, 5.41) is 9.95. The monoisotopic (exact) mass is 203 g/mol. The van der Waals surface area contributed by atoms with Crippen molar-refractivity contribution in [3.63, 3.8) is 0 Å². The second kappa shape index (κ2) is 3.42. The molecule has 0 spiro atoms. The van der Waals surface area contributed by atoms with E-state index in [2.05, 4.69) is 0 Å². The molecule has 78 valence electrons. The Kier molecular flexibility index (Phi) is 2.23. The number of carbonyl (C=O) groups is 1. The first-order valence-electron chi connectivity index (χ1n) is 4.86. The van der Waals surface area contributed by atoms with Gasteiger partial charge in [0, 0.05) is 17.1 Å². The molecule has 1 heterocycles. The second-order valence-corrected chi connectivity index (χ2v) is 3.80. The zero-order chi connectivity index (χ0) is 11.0. The lowest BCUT2D eigenvalue weighted by Crippen LogP contribution is -2.07. The van der Waals surface area contributed by atoms with Crippen LogP contribution in [0.2, 0.25) is 0 Å². The number of benzene rings is 1. The maximum atomic E-state index is 10.7. The van der Waals surface area contributed by atoms with Crippen LogP contribution in [-0.2, 0) is 11.3 Å². The average Bonchev–Trinajstić information content (AvgIpc) is 2.44. The second-order valence-electron chi connectivity index (χ2n) is 3.80. The molecule has 1 N–H and O–H groups in total. The van der Waals surface area contributed by atoms with Crippen molar-refractivity contribution >= 4 is 16.9 Å². The molecule has 0 fully saturated rings. The van der Waals surface area contributed by atoms with Gasteiger partial charge in [-0.3, -0.25) is 4.79 Å². The van der Waals surface area contributed by atoms with E-state index in [4.69, 9.17) is 5.11 Å². The van der Waals surface area contributed by atoms with Gasteiger partial charge in [-0.25, -0.2) is 0 Å². The summed E-state index contributed by atoms with van der Waals surface area (Å²) >= 11 is 0. The molecule has 0 aliphatic carbocycles. The molecular weight excluding hydrogens is 190 g/mol. The SMILES string of the molecule is Cc1cccc2c1c(C)cn2CC(=O)O. The van der Waals surface area contributed by atoms with Crippen LogP contribution in [0.15, 0.2) is 24.4 Å². The van der Waals surface area contributed by atoms with E-state index in [-0.39, 0.29) is 6.54 Å². The molecule has 0 atom stereocenters. The van der Waals surface area contributed by atoms with Crippen LogP contribution in [0, 0.1) is 13.8 Å². The fourth-order valence-corrected chi connectivity index (χ4v) is 2.05. The van der Waals surface area contributed by atoms with Crippen LogP contribution in [0.3, 0.4) is 0 Å². The highest BCUT2D eigenvalue weighted by Gasteiger charge is 2.08. The van der Waals surface area contributed by atoms with Crippen LogP contribution >= 0.6 is 0 Å². The van der Waals surface area contributed by atoms with Crippen molar-refractivity contribution < 1.29 is 9.90 Å². The van der Waals surface area contributed by atoms with Crippen LogP contribution in [0.5, 0.6) is 0 Å². The van der Waals surface area contributed by atoms with Crippen molar-refractivity contribution in [2.45, 2.75) is 20.4 Å². The van der Waals surface area contributed by atoms with E-state index in [9.17, 15) is 4.79 Å². The Morgan fingerprint density at radius 3 is 2.73 bits per heavy atom. The van der Waals surface area contributed by atoms with E-state index in [1.54, 1.807) is 4.57 Å². The average molecular weight is 203 g/mol. The smallest absolute Gasteiger partial charge is 0.323 e. The zero-order valence-corrected chi connectivity index (χ0v) is 8.82. The van der Waals surface area contributed by atoms with Gasteiger partial charge in [-0.15, -0.1) is 0 Å². The third-order valence-corrected chi connectivity index (χ3v) is 2.61. The molecular formula is C12H13NO2. The Morgan fingerprint density at radius 2 is 2.07 bits per heavy atom. The van der Waals surface area contributed by atoms with Crippen molar-refractivity contribution in [2.24, 2.45) is 0 Å². The van der Waals surface area contributed by atoms with E-state index in [1.165, 1.54) is 10.9 Å². The number of fused-ring (bicyclic) bond motifs is 1. The molecule has 0 bridgehead atoms. The topological polar surface area (TPSA) is 42.2 Å². The van der Waals surface area contributed by atoms with Crippen LogP contribution in [-0.4, -0.2) is 15.6 Å². The van der Waals surface area contributed by atoms with Crippen molar-refractivity contribution in [2.75, 3.05) is 0 Å². The zero-order valence-electron chi connectivity index (χ0n) is 8.82. The normalized spacial score (nSPS) is 10.8. The van der Waals surface area contributed by atoms with Crippen molar-refractivity contribution in [3.05, 3.63) is 35.5 Å². The number of carboxylic acids is 1. The van der Waals surface area contributed by atoms with Crippen LogP contribution in [0.25, 0.3) is 10.9 Å². The predicted molar refractivity (Wildman–Crippen MR) is 59.0 cm³/mol. The Bertz CT molecular complexity index is 526. The van der Waals surface area contributed by atoms with Gasteiger partial charge in [-0.05, 0) is 31.0 Å². The fraction of sp³-hybridized carbons (Fsp3) is 0.250. The molecule has 0 saturated heterocycles. The molecule has 0 radical (unpaired) electrons. The molecule has 0 unspecified atom stereocenters. The van der Waals surface area contributed by atoms with E-state index in [1.807, 2.05) is 38.2 Å². The highest BCUT2D eigenvalue weighted by atomic mass is 16.4. The number of aliphatic carboxylic acids is 1. The van der Waals surface area contributed by atoms with E-state index < -0.39 is 5.97 Å². The third kappa shape index (κ3) is 1.61. The molecule has 0 aliphatic heterocycles. The fourth-order valence-electron chi connectivity index (χ4n) is 2.05. The maximum Gasteiger partial charge on any atom is 0.323 e. The highest BCUT2D eigenvalue weighted by molar-refractivity contribution is 5.87. The highest BCUT2D eigenvalue weighted by Crippen LogP contribution is 2.23. The van der Waals surface area contributed by atoms with E-state index >= 15 is 0 Å². The van der Waals surface area contributed by atoms with E-state index in [0.29, 0.717) is 0 Å². The summed E-state index contributed by atoms with van der Waals surface area (Å²) in [5.74, 6) is -0.812. The summed E-state index contributed by atoms with van der Waals surface area (Å²) in [5.41, 5.74) is 3.31. The summed E-state index contributed by atoms with van der Waals surface area (Å²) in [6, 6.07) is 5.95. The number of hydrogen-bond donors (Lipinski definition) is 1. The Morgan fingerprint density at radius 1 is 1.33 bits per heavy atom. The number of rotatable bonds is 2. The summed E-state index contributed by atoms with van der Waals surface area (Å²) in [4.78, 5) is 10.7. The summed E-state index contributed by atoms with van der Waals surface area (Å²) in [6.07, 6.45) is 1.89. The van der Waals surface area contributed by atoms with Gasteiger partial charge in [0.1, 0.15) is 6.54 Å². The molecule has 3 nitrogen and oxygen atoms in total. The van der Waals surface area contributed by atoms with Gasteiger partial charge in [-0.1, -0.05) is 12.1 Å². The molecule has 1 aromatic heterocycles. The Hall–Kier alpha value is -1.77. The van der Waals surface area contributed by atoms with Gasteiger partial charge in [0.2, 0.25) is 0 Å². The summed E-state index contributed by atoms with van der Waals surface area (Å²) in [7, 11) is 0.